The Morgan fingerprint density at radius 2 is 1.88 bits per heavy atom. The molecule has 2 amide bonds. The Morgan fingerprint density at radius 3 is 2.54 bits per heavy atom. The molecule has 0 bridgehead atoms. The molecule has 2 rings (SSSR count). The van der Waals surface area contributed by atoms with E-state index in [9.17, 15) is 9.59 Å². The van der Waals surface area contributed by atoms with Crippen LogP contribution in [0.2, 0.25) is 0 Å². The molecule has 26 heavy (non-hydrogen) atoms. The fraction of sp³-hybridized carbons (Fsp3) is 0.526. The number of methoxy groups -OCH3 is 2. The van der Waals surface area contributed by atoms with E-state index >= 15 is 0 Å². The number of anilines is 1. The van der Waals surface area contributed by atoms with Crippen molar-refractivity contribution in [3.05, 3.63) is 18.2 Å². The molecular formula is C19H27N3O4. The molecular weight excluding hydrogens is 334 g/mol. The third kappa shape index (κ3) is 5.75. The van der Waals surface area contributed by atoms with E-state index in [1.165, 1.54) is 13.5 Å². The number of hydrazone groups is 1. The number of hydrogen-bond donors (Lipinski definition) is 2. The SMILES string of the molecule is COc1ccc(OC)c(NC(=O)C/C(C)=N/NC(=O)C2CCCCC2)c1. The van der Waals surface area contributed by atoms with Gasteiger partial charge in [0.1, 0.15) is 11.5 Å². The molecule has 1 aliphatic carbocycles. The molecule has 1 aromatic rings. The zero-order chi connectivity index (χ0) is 18.9. The van der Waals surface area contributed by atoms with Crippen LogP contribution in [0, 0.1) is 5.92 Å². The van der Waals surface area contributed by atoms with Gasteiger partial charge in [0.05, 0.1) is 26.3 Å². The molecule has 7 nitrogen and oxygen atoms in total. The summed E-state index contributed by atoms with van der Waals surface area (Å²) in [5.74, 6) is 0.893. The number of hydrogen-bond acceptors (Lipinski definition) is 5. The molecule has 0 atom stereocenters. The van der Waals surface area contributed by atoms with Crippen LogP contribution in [0.3, 0.4) is 0 Å². The second-order valence-electron chi connectivity index (χ2n) is 6.45. The highest BCUT2D eigenvalue weighted by atomic mass is 16.5. The van der Waals surface area contributed by atoms with Crippen molar-refractivity contribution in [2.75, 3.05) is 19.5 Å². The minimum Gasteiger partial charge on any atom is -0.497 e. The molecule has 0 heterocycles. The number of nitrogens with one attached hydrogen (secondary N) is 2. The minimum absolute atomic E-state index is 0.0372. The van der Waals surface area contributed by atoms with Crippen LogP contribution in [0.5, 0.6) is 11.5 Å². The lowest BCUT2D eigenvalue weighted by Crippen LogP contribution is -2.29. The zero-order valence-electron chi connectivity index (χ0n) is 15.6. The monoisotopic (exact) mass is 361 g/mol. The Kier molecular flexibility index (Phi) is 7.44. The van der Waals surface area contributed by atoms with Crippen molar-refractivity contribution in [1.29, 1.82) is 0 Å². The summed E-state index contributed by atoms with van der Waals surface area (Å²) in [5.41, 5.74) is 3.65. The van der Waals surface area contributed by atoms with Gasteiger partial charge in [-0.3, -0.25) is 9.59 Å². The van der Waals surface area contributed by atoms with E-state index in [0.717, 1.165) is 25.7 Å². The van der Waals surface area contributed by atoms with E-state index in [-0.39, 0.29) is 24.2 Å². The minimum atomic E-state index is -0.246. The Morgan fingerprint density at radius 1 is 1.15 bits per heavy atom. The van der Waals surface area contributed by atoms with Crippen molar-refractivity contribution in [3.63, 3.8) is 0 Å². The third-order valence-corrected chi connectivity index (χ3v) is 4.43. The molecule has 0 spiro atoms. The fourth-order valence-electron chi connectivity index (χ4n) is 2.98. The molecule has 0 radical (unpaired) electrons. The summed E-state index contributed by atoms with van der Waals surface area (Å²) in [6.07, 6.45) is 5.27. The maximum atomic E-state index is 12.2. The normalized spacial score (nSPS) is 15.3. The highest BCUT2D eigenvalue weighted by Crippen LogP contribution is 2.29. The first kappa shape index (κ1) is 19.8. The number of benzene rings is 1. The molecule has 1 saturated carbocycles. The summed E-state index contributed by atoms with van der Waals surface area (Å²) < 4.78 is 10.4. The first-order valence-electron chi connectivity index (χ1n) is 8.88. The van der Waals surface area contributed by atoms with E-state index in [0.29, 0.717) is 22.9 Å². The molecule has 1 aromatic carbocycles. The summed E-state index contributed by atoms with van der Waals surface area (Å²) in [6, 6.07) is 5.16. The van der Waals surface area contributed by atoms with Gasteiger partial charge in [-0.05, 0) is 31.9 Å². The molecule has 1 fully saturated rings. The molecule has 142 valence electrons. The van der Waals surface area contributed by atoms with Crippen LogP contribution in [-0.4, -0.2) is 31.7 Å². The predicted molar refractivity (Wildman–Crippen MR) is 101 cm³/mol. The van der Waals surface area contributed by atoms with E-state index in [4.69, 9.17) is 9.47 Å². The number of nitrogens with zero attached hydrogens (tertiary/aromatic N) is 1. The highest BCUT2D eigenvalue weighted by molar-refractivity contribution is 6.06. The van der Waals surface area contributed by atoms with Gasteiger partial charge in [-0.15, -0.1) is 0 Å². The van der Waals surface area contributed by atoms with Crippen LogP contribution in [-0.2, 0) is 9.59 Å². The highest BCUT2D eigenvalue weighted by Gasteiger charge is 2.20. The average Bonchev–Trinajstić information content (AvgIpc) is 2.66. The van der Waals surface area contributed by atoms with Crippen molar-refractivity contribution in [2.45, 2.75) is 45.4 Å². The largest absolute Gasteiger partial charge is 0.497 e. The van der Waals surface area contributed by atoms with Crippen molar-refractivity contribution >= 4 is 23.2 Å². The van der Waals surface area contributed by atoms with E-state index in [1.54, 1.807) is 32.2 Å². The second-order valence-corrected chi connectivity index (χ2v) is 6.45. The van der Waals surface area contributed by atoms with Gasteiger partial charge in [0.15, 0.2) is 0 Å². The number of carbonyl (C=O) groups is 2. The zero-order valence-corrected chi connectivity index (χ0v) is 15.6. The summed E-state index contributed by atoms with van der Waals surface area (Å²) >= 11 is 0. The van der Waals surface area contributed by atoms with Gasteiger partial charge in [-0.2, -0.15) is 5.10 Å². The molecule has 2 N–H and O–H groups in total. The van der Waals surface area contributed by atoms with Crippen LogP contribution in [0.4, 0.5) is 5.69 Å². The van der Waals surface area contributed by atoms with Crippen LogP contribution in [0.15, 0.2) is 23.3 Å². The van der Waals surface area contributed by atoms with Crippen molar-refractivity contribution < 1.29 is 19.1 Å². The smallest absolute Gasteiger partial charge is 0.243 e. The number of rotatable bonds is 7. The van der Waals surface area contributed by atoms with Crippen molar-refractivity contribution in [3.8, 4) is 11.5 Å². The summed E-state index contributed by atoms with van der Waals surface area (Å²) in [4.78, 5) is 24.3. The van der Waals surface area contributed by atoms with Crippen LogP contribution < -0.4 is 20.2 Å². The summed E-state index contributed by atoms with van der Waals surface area (Å²) in [6.45, 7) is 1.71. The Balaban J connectivity index is 1.89. The van der Waals surface area contributed by atoms with Crippen LogP contribution in [0.1, 0.15) is 45.4 Å². The lowest BCUT2D eigenvalue weighted by atomic mass is 9.89. The average molecular weight is 361 g/mol. The molecule has 0 unspecified atom stereocenters. The summed E-state index contributed by atoms with van der Waals surface area (Å²) in [5, 5.41) is 6.84. The first-order chi connectivity index (χ1) is 12.5. The van der Waals surface area contributed by atoms with E-state index in [1.807, 2.05) is 0 Å². The number of ether oxygens (including phenoxy) is 2. The lowest BCUT2D eigenvalue weighted by Gasteiger charge is -2.19. The van der Waals surface area contributed by atoms with Gasteiger partial charge < -0.3 is 14.8 Å². The van der Waals surface area contributed by atoms with E-state index in [2.05, 4.69) is 15.8 Å². The number of amides is 2. The Labute approximate surface area is 154 Å². The maximum absolute atomic E-state index is 12.2. The first-order valence-corrected chi connectivity index (χ1v) is 8.88. The quantitative estimate of drug-likeness (QED) is 0.577. The third-order valence-electron chi connectivity index (χ3n) is 4.43. The van der Waals surface area contributed by atoms with Crippen molar-refractivity contribution in [1.82, 2.24) is 5.43 Å². The molecule has 0 aromatic heterocycles. The van der Waals surface area contributed by atoms with Crippen LogP contribution in [0.25, 0.3) is 0 Å². The van der Waals surface area contributed by atoms with Crippen molar-refractivity contribution in [2.24, 2.45) is 11.0 Å². The standard InChI is InChI=1S/C19H27N3O4/c1-13(21-22-19(24)14-7-5-4-6-8-14)11-18(23)20-16-12-15(25-2)9-10-17(16)26-3/h9-10,12,14H,4-8,11H2,1-3H3,(H,20,23)(H,22,24)/b21-13+. The van der Waals surface area contributed by atoms with Gasteiger partial charge in [0, 0.05) is 17.7 Å². The van der Waals surface area contributed by atoms with Gasteiger partial charge >= 0.3 is 0 Å². The van der Waals surface area contributed by atoms with Gasteiger partial charge in [0.25, 0.3) is 0 Å². The van der Waals surface area contributed by atoms with Gasteiger partial charge in [-0.1, -0.05) is 19.3 Å². The van der Waals surface area contributed by atoms with E-state index < -0.39 is 0 Å². The molecule has 0 aliphatic heterocycles. The second kappa shape index (κ2) is 9.79. The van der Waals surface area contributed by atoms with Crippen LogP contribution >= 0.6 is 0 Å². The summed E-state index contributed by atoms with van der Waals surface area (Å²) in [7, 11) is 3.09. The number of carbonyl (C=O) groups excluding carboxylic acids is 2. The van der Waals surface area contributed by atoms with Gasteiger partial charge in [-0.25, -0.2) is 5.43 Å². The molecule has 0 saturated heterocycles. The van der Waals surface area contributed by atoms with Gasteiger partial charge in [0.2, 0.25) is 11.8 Å². The maximum Gasteiger partial charge on any atom is 0.243 e. The molecule has 7 heteroatoms. The fourth-order valence-corrected chi connectivity index (χ4v) is 2.98. The Hall–Kier alpha value is -2.57. The topological polar surface area (TPSA) is 89.0 Å². The Bertz CT molecular complexity index is 667. The lowest BCUT2D eigenvalue weighted by molar-refractivity contribution is -0.126. The predicted octanol–water partition coefficient (Wildman–Crippen LogP) is 3.10. The molecule has 1 aliphatic rings.